The van der Waals surface area contributed by atoms with Crippen molar-refractivity contribution in [3.63, 3.8) is 0 Å². The van der Waals surface area contributed by atoms with Crippen molar-refractivity contribution in [2.45, 2.75) is 19.0 Å². The molecular formula is C18H22N3O5+. The van der Waals surface area contributed by atoms with Crippen LogP contribution in [0.3, 0.4) is 0 Å². The van der Waals surface area contributed by atoms with E-state index < -0.39 is 17.3 Å². The fourth-order valence-corrected chi connectivity index (χ4v) is 3.40. The summed E-state index contributed by atoms with van der Waals surface area (Å²) in [4.78, 5) is 26.7. The Labute approximate surface area is 149 Å². The molecule has 0 saturated carbocycles. The third-order valence-corrected chi connectivity index (χ3v) is 4.63. The number of H-pyrrole nitrogens is 1. The highest BCUT2D eigenvalue weighted by molar-refractivity contribution is 5.51. The average Bonchev–Trinajstić information content (AvgIpc) is 2.64. The van der Waals surface area contributed by atoms with E-state index in [4.69, 9.17) is 9.47 Å². The van der Waals surface area contributed by atoms with Crippen molar-refractivity contribution >= 4 is 0 Å². The normalized spacial score (nSPS) is 16.0. The SMILES string of the molecule is C=CCn1c(O)c([C@@H]2[NH2+]CCc3cc(OC)c(OC)cc32)c(=O)[nH]c1=O. The third kappa shape index (κ3) is 2.88. The van der Waals surface area contributed by atoms with Crippen LogP contribution in [-0.2, 0) is 13.0 Å². The number of methoxy groups -OCH3 is 2. The molecule has 1 aromatic carbocycles. The molecular weight excluding hydrogens is 338 g/mol. The third-order valence-electron chi connectivity index (χ3n) is 4.63. The Morgan fingerprint density at radius 3 is 2.69 bits per heavy atom. The first-order valence-electron chi connectivity index (χ1n) is 8.26. The van der Waals surface area contributed by atoms with E-state index in [0.29, 0.717) is 11.5 Å². The van der Waals surface area contributed by atoms with Gasteiger partial charge in [0.2, 0.25) is 5.88 Å². The van der Waals surface area contributed by atoms with E-state index in [2.05, 4.69) is 11.6 Å². The Balaban J connectivity index is 2.22. The minimum atomic E-state index is -0.667. The number of fused-ring (bicyclic) bond motifs is 1. The van der Waals surface area contributed by atoms with Gasteiger partial charge in [-0.1, -0.05) is 6.08 Å². The van der Waals surface area contributed by atoms with Crippen molar-refractivity contribution in [1.82, 2.24) is 9.55 Å². The summed E-state index contributed by atoms with van der Waals surface area (Å²) in [5.41, 5.74) is 0.727. The summed E-state index contributed by atoms with van der Waals surface area (Å²) in [6.45, 7) is 4.41. The first-order valence-corrected chi connectivity index (χ1v) is 8.26. The summed E-state index contributed by atoms with van der Waals surface area (Å²) >= 11 is 0. The number of rotatable bonds is 5. The molecule has 0 saturated heterocycles. The topological polar surface area (TPSA) is 110 Å². The summed E-state index contributed by atoms with van der Waals surface area (Å²) < 4.78 is 11.8. The van der Waals surface area contributed by atoms with Gasteiger partial charge in [-0.25, -0.2) is 4.79 Å². The maximum absolute atomic E-state index is 12.5. The van der Waals surface area contributed by atoms with Crippen LogP contribution in [0.4, 0.5) is 0 Å². The number of aromatic nitrogens is 2. The largest absolute Gasteiger partial charge is 0.494 e. The second-order valence-electron chi connectivity index (χ2n) is 6.05. The molecule has 1 aromatic heterocycles. The van der Waals surface area contributed by atoms with Gasteiger partial charge < -0.3 is 19.9 Å². The van der Waals surface area contributed by atoms with E-state index in [1.807, 2.05) is 17.4 Å². The quantitative estimate of drug-likeness (QED) is 0.632. The molecule has 0 radical (unpaired) electrons. The molecule has 1 aliphatic rings. The van der Waals surface area contributed by atoms with E-state index in [1.54, 1.807) is 14.2 Å². The Morgan fingerprint density at radius 1 is 1.35 bits per heavy atom. The number of aromatic hydroxyl groups is 1. The summed E-state index contributed by atoms with van der Waals surface area (Å²) in [5, 5.41) is 12.6. The average molecular weight is 360 g/mol. The van der Waals surface area contributed by atoms with Gasteiger partial charge in [-0.15, -0.1) is 6.58 Å². The van der Waals surface area contributed by atoms with Crippen molar-refractivity contribution in [1.29, 1.82) is 0 Å². The van der Waals surface area contributed by atoms with Gasteiger partial charge in [0.05, 0.1) is 20.8 Å². The van der Waals surface area contributed by atoms with Gasteiger partial charge in [-0.05, 0) is 17.7 Å². The zero-order valence-corrected chi connectivity index (χ0v) is 14.7. The number of quaternary nitrogens is 1. The van der Waals surface area contributed by atoms with Crippen LogP contribution in [-0.4, -0.2) is 35.4 Å². The van der Waals surface area contributed by atoms with Crippen molar-refractivity contribution in [3.05, 3.63) is 62.3 Å². The standard InChI is InChI=1S/C18H21N3O5/c1-4-7-21-17(23)14(16(22)20-18(21)24)15-11-9-13(26-3)12(25-2)8-10(11)5-6-19-15/h4,8-9,15,19,23H,1,5-7H2,2-3H3,(H,20,22,24)/p+1/t15-/m1/s1. The summed E-state index contributed by atoms with van der Waals surface area (Å²) in [6, 6.07) is 3.24. The monoisotopic (exact) mass is 360 g/mol. The Kier molecular flexibility index (Phi) is 4.85. The molecule has 8 nitrogen and oxygen atoms in total. The maximum atomic E-state index is 12.5. The maximum Gasteiger partial charge on any atom is 0.331 e. The molecule has 3 rings (SSSR count). The van der Waals surface area contributed by atoms with E-state index in [9.17, 15) is 14.7 Å². The van der Waals surface area contributed by atoms with Crippen LogP contribution >= 0.6 is 0 Å². The van der Waals surface area contributed by atoms with Crippen molar-refractivity contribution in [2.75, 3.05) is 20.8 Å². The highest BCUT2D eigenvalue weighted by atomic mass is 16.5. The molecule has 1 aliphatic heterocycles. The molecule has 2 aromatic rings. The van der Waals surface area contributed by atoms with Crippen molar-refractivity contribution in [3.8, 4) is 17.4 Å². The molecule has 0 bridgehead atoms. The van der Waals surface area contributed by atoms with Gasteiger partial charge in [0.1, 0.15) is 11.6 Å². The zero-order chi connectivity index (χ0) is 18.8. The van der Waals surface area contributed by atoms with Crippen LogP contribution < -0.4 is 26.0 Å². The number of nitrogens with two attached hydrogens (primary N) is 1. The molecule has 4 N–H and O–H groups in total. The van der Waals surface area contributed by atoms with Crippen molar-refractivity contribution in [2.24, 2.45) is 0 Å². The van der Waals surface area contributed by atoms with Gasteiger partial charge in [0.15, 0.2) is 11.5 Å². The van der Waals surface area contributed by atoms with E-state index in [0.717, 1.165) is 28.7 Å². The van der Waals surface area contributed by atoms with Crippen LogP contribution in [0.25, 0.3) is 0 Å². The number of hydrogen-bond donors (Lipinski definition) is 3. The van der Waals surface area contributed by atoms with Crippen LogP contribution in [0, 0.1) is 0 Å². The molecule has 0 amide bonds. The lowest BCUT2D eigenvalue weighted by Crippen LogP contribution is -2.87. The molecule has 1 atom stereocenters. The smallest absolute Gasteiger partial charge is 0.331 e. The van der Waals surface area contributed by atoms with Crippen LogP contribution in [0.5, 0.6) is 17.4 Å². The number of ether oxygens (including phenoxy) is 2. The summed E-state index contributed by atoms with van der Waals surface area (Å²) in [5.74, 6) is 0.811. The number of benzene rings is 1. The van der Waals surface area contributed by atoms with Crippen LogP contribution in [0.15, 0.2) is 34.4 Å². The first kappa shape index (κ1) is 17.8. The molecule has 2 heterocycles. The Bertz CT molecular complexity index is 961. The van der Waals surface area contributed by atoms with E-state index in [-0.39, 0.29) is 18.0 Å². The zero-order valence-electron chi connectivity index (χ0n) is 14.7. The molecule has 0 aliphatic carbocycles. The molecule has 0 unspecified atom stereocenters. The molecule has 0 fully saturated rings. The number of allylic oxidation sites excluding steroid dienone is 1. The number of aromatic amines is 1. The molecule has 0 spiro atoms. The fourth-order valence-electron chi connectivity index (χ4n) is 3.40. The Hall–Kier alpha value is -3.00. The van der Waals surface area contributed by atoms with Gasteiger partial charge in [-0.3, -0.25) is 14.3 Å². The van der Waals surface area contributed by atoms with Gasteiger partial charge in [0.25, 0.3) is 5.56 Å². The van der Waals surface area contributed by atoms with E-state index >= 15 is 0 Å². The van der Waals surface area contributed by atoms with Crippen LogP contribution in [0.1, 0.15) is 22.7 Å². The van der Waals surface area contributed by atoms with Gasteiger partial charge in [0, 0.05) is 18.5 Å². The second-order valence-corrected chi connectivity index (χ2v) is 6.05. The molecule has 26 heavy (non-hydrogen) atoms. The lowest BCUT2D eigenvalue weighted by Gasteiger charge is -2.25. The molecule has 138 valence electrons. The second kappa shape index (κ2) is 7.09. The number of hydrogen-bond acceptors (Lipinski definition) is 5. The van der Waals surface area contributed by atoms with Crippen LogP contribution in [0.2, 0.25) is 0 Å². The highest BCUT2D eigenvalue weighted by Gasteiger charge is 2.32. The predicted molar refractivity (Wildman–Crippen MR) is 95.1 cm³/mol. The minimum Gasteiger partial charge on any atom is -0.494 e. The highest BCUT2D eigenvalue weighted by Crippen LogP contribution is 2.36. The van der Waals surface area contributed by atoms with Crippen molar-refractivity contribution < 1.29 is 19.9 Å². The van der Waals surface area contributed by atoms with Gasteiger partial charge in [-0.2, -0.15) is 0 Å². The van der Waals surface area contributed by atoms with Gasteiger partial charge >= 0.3 is 5.69 Å². The Morgan fingerprint density at radius 2 is 2.04 bits per heavy atom. The molecule has 8 heteroatoms. The number of nitrogens with zero attached hydrogens (tertiary/aromatic N) is 1. The predicted octanol–water partition coefficient (Wildman–Crippen LogP) is -0.346. The first-order chi connectivity index (χ1) is 12.5. The summed E-state index contributed by atoms with van der Waals surface area (Å²) in [7, 11) is 3.11. The summed E-state index contributed by atoms with van der Waals surface area (Å²) in [6.07, 6.45) is 2.27. The lowest BCUT2D eigenvalue weighted by molar-refractivity contribution is -0.690. The lowest BCUT2D eigenvalue weighted by atomic mass is 9.90. The fraction of sp³-hybridized carbons (Fsp3) is 0.333. The van der Waals surface area contributed by atoms with E-state index in [1.165, 1.54) is 6.08 Å². The minimum absolute atomic E-state index is 0.0972. The number of nitrogens with one attached hydrogen (secondary N) is 1.